The topological polar surface area (TPSA) is 131 Å². The molecular formula is C32H45ClN4O5. The van der Waals surface area contributed by atoms with Crippen LogP contribution in [-0.4, -0.2) is 45.9 Å². The molecular weight excluding hydrogens is 556 g/mol. The monoisotopic (exact) mass is 600 g/mol. The fourth-order valence-corrected chi connectivity index (χ4v) is 4.71. The number of amides is 4. The Morgan fingerprint density at radius 1 is 0.976 bits per heavy atom. The number of primary amides is 1. The summed E-state index contributed by atoms with van der Waals surface area (Å²) in [5.41, 5.74) is 7.49. The number of hydrogen-bond acceptors (Lipinski definition) is 5. The first-order valence-corrected chi connectivity index (χ1v) is 14.5. The highest BCUT2D eigenvalue weighted by Crippen LogP contribution is 2.35. The maximum absolute atomic E-state index is 14.5. The zero-order chi connectivity index (χ0) is 32.0. The van der Waals surface area contributed by atoms with Crippen molar-refractivity contribution in [1.29, 1.82) is 0 Å². The number of aryl methyl sites for hydroxylation is 3. The molecule has 4 amide bonds. The molecule has 0 fully saturated rings. The van der Waals surface area contributed by atoms with E-state index in [4.69, 9.17) is 22.1 Å². The molecule has 0 bridgehead atoms. The average Bonchev–Trinajstić information content (AvgIpc) is 2.87. The molecule has 0 radical (unpaired) electrons. The number of anilines is 1. The number of carbonyl (C=O) groups excluding carboxylic acids is 4. The average molecular weight is 601 g/mol. The van der Waals surface area contributed by atoms with Crippen molar-refractivity contribution in [2.45, 2.75) is 105 Å². The summed E-state index contributed by atoms with van der Waals surface area (Å²) in [6.07, 6.45) is -0.577. The molecule has 0 saturated carbocycles. The number of nitrogens with zero attached hydrogens (tertiary/aromatic N) is 1. The van der Waals surface area contributed by atoms with Crippen molar-refractivity contribution in [3.63, 3.8) is 0 Å². The van der Waals surface area contributed by atoms with Crippen molar-refractivity contribution in [2.24, 2.45) is 5.73 Å². The van der Waals surface area contributed by atoms with Crippen LogP contribution >= 0.6 is 11.6 Å². The molecule has 2 aromatic rings. The molecule has 2 rings (SSSR count). The van der Waals surface area contributed by atoms with Crippen LogP contribution in [-0.2, 0) is 19.1 Å². The molecule has 0 aliphatic carbocycles. The lowest BCUT2D eigenvalue weighted by Gasteiger charge is -2.44. The van der Waals surface area contributed by atoms with Crippen LogP contribution in [0, 0.1) is 20.8 Å². The van der Waals surface area contributed by atoms with Gasteiger partial charge in [-0.25, -0.2) is 4.79 Å². The quantitative estimate of drug-likeness (QED) is 0.286. The Morgan fingerprint density at radius 3 is 2.14 bits per heavy atom. The first-order chi connectivity index (χ1) is 19.4. The smallest absolute Gasteiger partial charge is 0.408 e. The first-order valence-electron chi connectivity index (χ1n) is 14.1. The first kappa shape index (κ1) is 34.6. The summed E-state index contributed by atoms with van der Waals surface area (Å²) in [6, 6.07) is 8.59. The van der Waals surface area contributed by atoms with Crippen molar-refractivity contribution >= 4 is 41.1 Å². The molecule has 2 unspecified atom stereocenters. The lowest BCUT2D eigenvalue weighted by atomic mass is 9.90. The fraction of sp³-hybridized carbons (Fsp3) is 0.500. The largest absolute Gasteiger partial charge is 0.444 e. The summed E-state index contributed by atoms with van der Waals surface area (Å²) in [4.78, 5) is 54.8. The number of carbonyl (C=O) groups is 4. The number of halogens is 1. The number of benzene rings is 2. The van der Waals surface area contributed by atoms with Gasteiger partial charge in [0.15, 0.2) is 0 Å². The Morgan fingerprint density at radius 2 is 1.62 bits per heavy atom. The van der Waals surface area contributed by atoms with Gasteiger partial charge in [-0.1, -0.05) is 48.9 Å². The Bertz CT molecular complexity index is 1300. The van der Waals surface area contributed by atoms with Gasteiger partial charge in [-0.05, 0) is 96.6 Å². The minimum Gasteiger partial charge on any atom is -0.444 e. The molecule has 10 heteroatoms. The summed E-state index contributed by atoms with van der Waals surface area (Å²) in [5.74, 6) is -1.66. The van der Waals surface area contributed by atoms with Gasteiger partial charge in [0, 0.05) is 12.0 Å². The van der Waals surface area contributed by atoms with E-state index in [9.17, 15) is 19.2 Å². The van der Waals surface area contributed by atoms with Gasteiger partial charge < -0.3 is 26.0 Å². The number of nitrogens with two attached hydrogens (primary N) is 1. The standard InChI is InChI=1S/C32H45ClN4O5/c1-10-32(8,9)37(29(40)24(16-17-25(34)38)35-30(41)42-31(5,6)7)27(22-15-14-19(2)21(4)18-22)28(39)36-26-20(3)12-11-13-23(26)33/h11-15,18,24,27H,10,16-17H2,1-9H3,(H2,34,38)(H,35,41)(H,36,39). The Hall–Kier alpha value is -3.59. The predicted octanol–water partition coefficient (Wildman–Crippen LogP) is 6.12. The summed E-state index contributed by atoms with van der Waals surface area (Å²) >= 11 is 6.46. The van der Waals surface area contributed by atoms with Gasteiger partial charge in [0.25, 0.3) is 5.91 Å². The van der Waals surface area contributed by atoms with Gasteiger partial charge in [0.1, 0.15) is 17.7 Å². The second-order valence-corrected chi connectivity index (χ2v) is 12.7. The highest BCUT2D eigenvalue weighted by molar-refractivity contribution is 6.34. The van der Waals surface area contributed by atoms with Gasteiger partial charge in [0.05, 0.1) is 10.7 Å². The molecule has 4 N–H and O–H groups in total. The molecule has 42 heavy (non-hydrogen) atoms. The maximum atomic E-state index is 14.5. The predicted molar refractivity (Wildman–Crippen MR) is 166 cm³/mol. The third-order valence-electron chi connectivity index (χ3n) is 7.25. The van der Waals surface area contributed by atoms with E-state index in [2.05, 4.69) is 10.6 Å². The van der Waals surface area contributed by atoms with Crippen LogP contribution in [0.1, 0.15) is 89.1 Å². The number of alkyl carbamates (subject to hydrolysis) is 1. The molecule has 2 aromatic carbocycles. The van der Waals surface area contributed by atoms with Crippen LogP contribution in [0.4, 0.5) is 10.5 Å². The van der Waals surface area contributed by atoms with Crippen LogP contribution < -0.4 is 16.4 Å². The van der Waals surface area contributed by atoms with Crippen molar-refractivity contribution in [3.05, 3.63) is 63.7 Å². The van der Waals surface area contributed by atoms with Crippen molar-refractivity contribution in [3.8, 4) is 0 Å². The zero-order valence-corrected chi connectivity index (χ0v) is 26.9. The molecule has 0 heterocycles. The van der Waals surface area contributed by atoms with E-state index in [-0.39, 0.29) is 12.8 Å². The lowest BCUT2D eigenvalue weighted by Crippen LogP contribution is -2.59. The molecule has 0 aromatic heterocycles. The van der Waals surface area contributed by atoms with E-state index in [1.807, 2.05) is 65.8 Å². The lowest BCUT2D eigenvalue weighted by molar-refractivity contribution is -0.148. The number of nitrogens with one attached hydrogen (secondary N) is 2. The third kappa shape index (κ3) is 9.21. The summed E-state index contributed by atoms with van der Waals surface area (Å²) in [7, 11) is 0. The minimum atomic E-state index is -1.19. The second-order valence-electron chi connectivity index (χ2n) is 12.2. The van der Waals surface area contributed by atoms with Gasteiger partial charge >= 0.3 is 6.09 Å². The van der Waals surface area contributed by atoms with E-state index >= 15 is 0 Å². The highest BCUT2D eigenvalue weighted by atomic mass is 35.5. The van der Waals surface area contributed by atoms with Crippen LogP contribution in [0.3, 0.4) is 0 Å². The fourth-order valence-electron chi connectivity index (χ4n) is 4.44. The number of para-hydroxylation sites is 1. The van der Waals surface area contributed by atoms with E-state index in [1.54, 1.807) is 32.9 Å². The summed E-state index contributed by atoms with van der Waals surface area (Å²) in [6.45, 7) is 16.5. The third-order valence-corrected chi connectivity index (χ3v) is 7.56. The SMILES string of the molecule is CCC(C)(C)N(C(=O)C(CCC(N)=O)NC(=O)OC(C)(C)C)C(C(=O)Nc1c(C)cccc1Cl)c1ccc(C)c(C)c1. The van der Waals surface area contributed by atoms with Crippen LogP contribution in [0.2, 0.25) is 5.02 Å². The summed E-state index contributed by atoms with van der Waals surface area (Å²) in [5, 5.41) is 5.94. The Balaban J connectivity index is 2.73. The van der Waals surface area contributed by atoms with Gasteiger partial charge in [-0.3, -0.25) is 14.4 Å². The maximum Gasteiger partial charge on any atom is 0.408 e. The normalized spacial score (nSPS) is 13.1. The Labute approximate surface area is 254 Å². The van der Waals surface area contributed by atoms with Crippen LogP contribution in [0.15, 0.2) is 36.4 Å². The zero-order valence-electron chi connectivity index (χ0n) is 26.2. The van der Waals surface area contributed by atoms with Gasteiger partial charge in [-0.15, -0.1) is 0 Å². The van der Waals surface area contributed by atoms with Crippen molar-refractivity contribution in [2.75, 3.05) is 5.32 Å². The number of hydrogen-bond donors (Lipinski definition) is 3. The molecule has 0 aliphatic heterocycles. The molecule has 0 spiro atoms. The summed E-state index contributed by atoms with van der Waals surface area (Å²) < 4.78 is 5.41. The van der Waals surface area contributed by atoms with Crippen molar-refractivity contribution in [1.82, 2.24) is 10.2 Å². The van der Waals surface area contributed by atoms with E-state index in [1.165, 1.54) is 4.90 Å². The van der Waals surface area contributed by atoms with E-state index in [0.717, 1.165) is 16.7 Å². The van der Waals surface area contributed by atoms with Crippen LogP contribution in [0.5, 0.6) is 0 Å². The van der Waals surface area contributed by atoms with Crippen LogP contribution in [0.25, 0.3) is 0 Å². The number of rotatable bonds is 11. The molecule has 9 nitrogen and oxygen atoms in total. The number of ether oxygens (including phenoxy) is 1. The highest BCUT2D eigenvalue weighted by Gasteiger charge is 2.43. The minimum absolute atomic E-state index is 0.0748. The molecule has 2 atom stereocenters. The molecule has 0 saturated heterocycles. The Kier molecular flexibility index (Phi) is 11.6. The molecule has 0 aliphatic rings. The van der Waals surface area contributed by atoms with Gasteiger partial charge in [0.2, 0.25) is 11.8 Å². The molecule has 230 valence electrons. The van der Waals surface area contributed by atoms with E-state index in [0.29, 0.717) is 22.7 Å². The van der Waals surface area contributed by atoms with E-state index < -0.39 is 47.0 Å². The second kappa shape index (κ2) is 14.1. The van der Waals surface area contributed by atoms with Gasteiger partial charge in [-0.2, -0.15) is 0 Å². The van der Waals surface area contributed by atoms with Crippen molar-refractivity contribution < 1.29 is 23.9 Å².